The molecular weight excluding hydrogens is 405 g/mol. The van der Waals surface area contributed by atoms with Gasteiger partial charge in [-0.15, -0.1) is 0 Å². The number of nitrogens with one attached hydrogen (secondary N) is 2. The van der Waals surface area contributed by atoms with Gasteiger partial charge in [0.1, 0.15) is 0 Å². The fourth-order valence-electron chi connectivity index (χ4n) is 2.82. The van der Waals surface area contributed by atoms with Gasteiger partial charge in [0.25, 0.3) is 0 Å². The maximum atomic E-state index is 11.0. The van der Waals surface area contributed by atoms with Crippen molar-refractivity contribution in [1.29, 1.82) is 0 Å². The number of anilines is 2. The quantitative estimate of drug-likeness (QED) is 0.542. The van der Waals surface area contributed by atoms with Crippen molar-refractivity contribution >= 4 is 29.7 Å². The molecule has 0 bridgehead atoms. The molecular formula is C21H30FN5O2S. The normalized spacial score (nSPS) is 16.3. The number of benzene rings is 1. The minimum atomic E-state index is -0.991. The Bertz CT molecular complexity index is 754. The molecule has 30 heavy (non-hydrogen) atoms. The van der Waals surface area contributed by atoms with E-state index in [1.807, 2.05) is 31.2 Å². The van der Waals surface area contributed by atoms with Crippen LogP contribution >= 0.6 is 11.9 Å². The summed E-state index contributed by atoms with van der Waals surface area (Å²) in [4.78, 5) is 22.2. The Morgan fingerprint density at radius 2 is 1.80 bits per heavy atom. The van der Waals surface area contributed by atoms with E-state index in [2.05, 4.69) is 32.5 Å². The van der Waals surface area contributed by atoms with Crippen LogP contribution in [-0.2, 0) is 4.94 Å². The molecule has 2 saturated carbocycles. The summed E-state index contributed by atoms with van der Waals surface area (Å²) in [6.07, 6.45) is 10.2. The van der Waals surface area contributed by atoms with Crippen molar-refractivity contribution < 1.29 is 14.3 Å². The molecule has 0 radical (unpaired) electrons. The highest BCUT2D eigenvalue weighted by molar-refractivity contribution is 7.97. The van der Waals surface area contributed by atoms with Crippen molar-refractivity contribution in [2.24, 2.45) is 11.1 Å². The van der Waals surface area contributed by atoms with E-state index >= 15 is 0 Å². The molecule has 4 rings (SSSR count). The van der Waals surface area contributed by atoms with Gasteiger partial charge in [0.05, 0.1) is 0 Å². The van der Waals surface area contributed by atoms with Crippen LogP contribution in [-0.4, -0.2) is 21.6 Å². The summed E-state index contributed by atoms with van der Waals surface area (Å²) in [5.41, 5.74) is 0.752. The van der Waals surface area contributed by atoms with E-state index in [-0.39, 0.29) is 5.54 Å². The Balaban J connectivity index is 0.000000180. The highest BCUT2D eigenvalue weighted by Gasteiger charge is 2.39. The Labute approximate surface area is 181 Å². The Morgan fingerprint density at radius 3 is 2.23 bits per heavy atom. The largest absolute Gasteiger partial charge is 0.445 e. The second kappa shape index (κ2) is 12.3. The van der Waals surface area contributed by atoms with E-state index in [1.54, 1.807) is 18.5 Å². The Kier molecular flexibility index (Phi) is 9.82. The van der Waals surface area contributed by atoms with Crippen molar-refractivity contribution in [3.05, 3.63) is 42.7 Å². The fraction of sp³-hybridized carbons (Fsp3) is 0.476. The molecule has 2 fully saturated rings. The zero-order chi connectivity index (χ0) is 21.8. The van der Waals surface area contributed by atoms with Crippen LogP contribution < -0.4 is 15.8 Å². The molecule has 0 saturated heterocycles. The summed E-state index contributed by atoms with van der Waals surface area (Å²) >= 11 is 1.22. The van der Waals surface area contributed by atoms with Crippen LogP contribution in [0.4, 0.5) is 21.0 Å². The van der Waals surface area contributed by atoms with Gasteiger partial charge in [0, 0.05) is 33.0 Å². The number of nitrogens with two attached hydrogens (primary N) is 1. The van der Waals surface area contributed by atoms with Crippen molar-refractivity contribution in [2.45, 2.75) is 62.8 Å². The van der Waals surface area contributed by atoms with Crippen LogP contribution in [0.5, 0.6) is 0 Å². The lowest BCUT2D eigenvalue weighted by atomic mass is 10.2. The van der Waals surface area contributed by atoms with Crippen molar-refractivity contribution in [3.63, 3.8) is 0 Å². The molecule has 0 spiro atoms. The molecule has 7 nitrogen and oxygen atoms in total. The third-order valence-corrected chi connectivity index (χ3v) is 5.47. The molecule has 1 aromatic carbocycles. The van der Waals surface area contributed by atoms with Crippen LogP contribution in [0, 0.1) is 5.92 Å². The number of halogens is 1. The topological polar surface area (TPSA) is 102 Å². The Hall–Kier alpha value is -2.39. The first-order valence-electron chi connectivity index (χ1n) is 10.1. The van der Waals surface area contributed by atoms with Crippen LogP contribution in [0.25, 0.3) is 0 Å². The second-order valence-corrected chi connectivity index (χ2v) is 8.49. The summed E-state index contributed by atoms with van der Waals surface area (Å²) in [5.74, 6) is 1.63. The summed E-state index contributed by atoms with van der Waals surface area (Å²) in [7, 11) is 0. The number of aromatic nitrogens is 2. The molecule has 9 heteroatoms. The molecule has 4 N–H and O–H groups in total. The highest BCUT2D eigenvalue weighted by Crippen LogP contribution is 2.34. The number of rotatable bonds is 4. The van der Waals surface area contributed by atoms with Gasteiger partial charge >= 0.3 is 6.09 Å². The summed E-state index contributed by atoms with van der Waals surface area (Å²) < 4.78 is 11.0. The van der Waals surface area contributed by atoms with E-state index < -0.39 is 6.09 Å². The number of hydrogen-bond acceptors (Lipinski definition) is 7. The van der Waals surface area contributed by atoms with Crippen LogP contribution in [0.15, 0.2) is 47.6 Å². The minimum absolute atomic E-state index is 0.191. The van der Waals surface area contributed by atoms with Gasteiger partial charge in [0.15, 0.2) is 0 Å². The predicted octanol–water partition coefficient (Wildman–Crippen LogP) is 5.53. The number of carbonyl (C=O) groups excluding carboxylic acids is 1. The highest BCUT2D eigenvalue weighted by atomic mass is 32.2. The SMILES string of the molecule is CC1(NC(=O)OF)CC1.CC1CCCC1.NSc1ccc(Nc2ncccn2)cc1. The molecule has 2 aliphatic carbocycles. The third kappa shape index (κ3) is 9.41. The second-order valence-electron chi connectivity index (χ2n) is 7.78. The van der Waals surface area contributed by atoms with Crippen LogP contribution in [0.1, 0.15) is 52.4 Å². The van der Waals surface area contributed by atoms with Gasteiger partial charge in [-0.3, -0.25) is 5.14 Å². The summed E-state index contributed by atoms with van der Waals surface area (Å²) in [5, 5.41) is 10.9. The molecule has 0 aliphatic heterocycles. The standard InChI is InChI=1S/C10H10N4S.C6H12.C5H8FNO2/c11-15-9-4-2-8(3-5-9)14-10-12-6-1-7-13-10;1-6-4-2-3-5-6;1-5(2-3-5)7-4(8)9-6/h1-7H,11H2,(H,12,13,14);6H,2-5H2,1H3;2-3H2,1H3,(H,7,8). The summed E-state index contributed by atoms with van der Waals surface area (Å²) in [6.45, 7) is 4.18. The van der Waals surface area contributed by atoms with Gasteiger partial charge in [-0.1, -0.05) is 32.6 Å². The Morgan fingerprint density at radius 1 is 1.20 bits per heavy atom. The van der Waals surface area contributed by atoms with Gasteiger partial charge in [0.2, 0.25) is 5.95 Å². The van der Waals surface area contributed by atoms with Crippen molar-refractivity contribution in [1.82, 2.24) is 15.3 Å². The van der Waals surface area contributed by atoms with Crippen molar-refractivity contribution in [3.8, 4) is 0 Å². The number of nitrogens with zero attached hydrogens (tertiary/aromatic N) is 2. The van der Waals surface area contributed by atoms with Crippen molar-refractivity contribution in [2.75, 3.05) is 5.32 Å². The number of carbonyl (C=O) groups is 1. The third-order valence-electron chi connectivity index (χ3n) is 4.93. The van der Waals surface area contributed by atoms with Crippen LogP contribution in [0.2, 0.25) is 0 Å². The molecule has 2 aliphatic rings. The zero-order valence-corrected chi connectivity index (χ0v) is 18.3. The molecule has 1 aromatic heterocycles. The first-order valence-corrected chi connectivity index (χ1v) is 10.9. The monoisotopic (exact) mass is 435 g/mol. The van der Waals surface area contributed by atoms with E-state index in [9.17, 15) is 9.32 Å². The zero-order valence-electron chi connectivity index (χ0n) is 17.4. The first kappa shape index (κ1) is 23.9. The van der Waals surface area contributed by atoms with E-state index in [4.69, 9.17) is 5.14 Å². The first-order chi connectivity index (χ1) is 14.4. The predicted molar refractivity (Wildman–Crippen MR) is 118 cm³/mol. The molecule has 0 atom stereocenters. The lowest BCUT2D eigenvalue weighted by Gasteiger charge is -2.05. The van der Waals surface area contributed by atoms with Crippen LogP contribution in [0.3, 0.4) is 0 Å². The van der Waals surface area contributed by atoms with Gasteiger partial charge in [-0.25, -0.2) is 19.7 Å². The maximum absolute atomic E-state index is 11.0. The molecule has 164 valence electrons. The number of hydrogen-bond donors (Lipinski definition) is 3. The molecule has 2 aromatic rings. The summed E-state index contributed by atoms with van der Waals surface area (Å²) in [6, 6.07) is 9.53. The van der Waals surface area contributed by atoms with Gasteiger partial charge in [-0.05, 0) is 68.0 Å². The fourth-order valence-corrected chi connectivity index (χ4v) is 3.11. The average Bonchev–Trinajstić information content (AvgIpc) is 3.29. The van der Waals surface area contributed by atoms with Gasteiger partial charge in [-0.2, -0.15) is 0 Å². The lowest BCUT2D eigenvalue weighted by molar-refractivity contribution is -0.0637. The molecule has 1 heterocycles. The van der Waals surface area contributed by atoms with E-state index in [0.29, 0.717) is 5.95 Å². The average molecular weight is 436 g/mol. The number of amides is 1. The molecule has 0 unspecified atom stereocenters. The maximum Gasteiger partial charge on any atom is 0.445 e. The minimum Gasteiger partial charge on any atom is -0.324 e. The van der Waals surface area contributed by atoms with E-state index in [1.165, 1.54) is 37.6 Å². The molecule has 1 amide bonds. The van der Waals surface area contributed by atoms with Gasteiger partial charge < -0.3 is 10.6 Å². The smallest absolute Gasteiger partial charge is 0.324 e. The lowest BCUT2D eigenvalue weighted by Crippen LogP contribution is -2.33. The van der Waals surface area contributed by atoms with E-state index in [0.717, 1.165) is 29.3 Å².